The zero-order valence-corrected chi connectivity index (χ0v) is 13.1. The highest BCUT2D eigenvalue weighted by Crippen LogP contribution is 2.38. The Hall–Kier alpha value is -2.56. The SMILES string of the molecule is C[C@]1(c2cc[n+]([O-])cc2)CCCN1C(=O)OCc1ccccc1. The molecule has 0 aliphatic carbocycles. The number of rotatable bonds is 3. The maximum atomic E-state index is 12.5. The molecule has 1 atom stereocenters. The summed E-state index contributed by atoms with van der Waals surface area (Å²) in [6, 6.07) is 13.2. The first-order chi connectivity index (χ1) is 11.1. The van der Waals surface area contributed by atoms with E-state index in [0.717, 1.165) is 28.7 Å². The molecule has 1 aromatic heterocycles. The van der Waals surface area contributed by atoms with E-state index in [0.29, 0.717) is 6.54 Å². The van der Waals surface area contributed by atoms with Crippen molar-refractivity contribution in [1.29, 1.82) is 0 Å². The van der Waals surface area contributed by atoms with E-state index in [4.69, 9.17) is 4.74 Å². The number of nitrogens with zero attached hydrogens (tertiary/aromatic N) is 2. The molecule has 1 saturated heterocycles. The molecule has 1 aliphatic heterocycles. The molecule has 1 aliphatic rings. The van der Waals surface area contributed by atoms with Crippen LogP contribution in [0, 0.1) is 5.21 Å². The first-order valence-electron chi connectivity index (χ1n) is 7.77. The lowest BCUT2D eigenvalue weighted by Crippen LogP contribution is -2.43. The minimum Gasteiger partial charge on any atom is -0.619 e. The number of hydrogen-bond donors (Lipinski definition) is 0. The molecular formula is C18H20N2O3. The van der Waals surface area contributed by atoms with E-state index in [2.05, 4.69) is 0 Å². The number of aromatic nitrogens is 1. The summed E-state index contributed by atoms with van der Waals surface area (Å²) in [5.74, 6) is 0. The van der Waals surface area contributed by atoms with Gasteiger partial charge in [0, 0.05) is 18.7 Å². The Morgan fingerprint density at radius 1 is 1.26 bits per heavy atom. The number of likely N-dealkylation sites (tertiary alicyclic amines) is 1. The molecule has 3 rings (SSSR count). The van der Waals surface area contributed by atoms with Crippen molar-refractivity contribution in [2.75, 3.05) is 6.54 Å². The molecule has 5 heteroatoms. The minimum absolute atomic E-state index is 0.265. The maximum absolute atomic E-state index is 12.5. The molecule has 23 heavy (non-hydrogen) atoms. The summed E-state index contributed by atoms with van der Waals surface area (Å²) in [5, 5.41) is 11.2. The molecule has 5 nitrogen and oxygen atoms in total. The highest BCUT2D eigenvalue weighted by molar-refractivity contribution is 5.69. The number of benzene rings is 1. The number of pyridine rings is 1. The van der Waals surface area contributed by atoms with E-state index >= 15 is 0 Å². The van der Waals surface area contributed by atoms with Crippen LogP contribution in [0.2, 0.25) is 0 Å². The van der Waals surface area contributed by atoms with Crippen LogP contribution in [-0.2, 0) is 16.9 Å². The summed E-state index contributed by atoms with van der Waals surface area (Å²) in [4.78, 5) is 14.3. The second-order valence-electron chi connectivity index (χ2n) is 6.02. The van der Waals surface area contributed by atoms with Gasteiger partial charge in [0.25, 0.3) is 0 Å². The van der Waals surface area contributed by atoms with Crippen molar-refractivity contribution in [3.8, 4) is 0 Å². The molecule has 1 aromatic carbocycles. The average Bonchev–Trinajstić information content (AvgIpc) is 2.97. The molecule has 0 unspecified atom stereocenters. The quantitative estimate of drug-likeness (QED) is 0.647. The van der Waals surface area contributed by atoms with Crippen LogP contribution in [0.1, 0.15) is 30.9 Å². The first kappa shape index (κ1) is 15.3. The van der Waals surface area contributed by atoms with Crippen LogP contribution < -0.4 is 4.73 Å². The van der Waals surface area contributed by atoms with Crippen molar-refractivity contribution in [3.63, 3.8) is 0 Å². The van der Waals surface area contributed by atoms with E-state index in [-0.39, 0.29) is 12.7 Å². The Kier molecular flexibility index (Phi) is 4.19. The lowest BCUT2D eigenvalue weighted by atomic mass is 9.90. The fourth-order valence-electron chi connectivity index (χ4n) is 3.13. The van der Waals surface area contributed by atoms with Crippen LogP contribution >= 0.6 is 0 Å². The molecule has 0 N–H and O–H groups in total. The molecule has 2 aromatic rings. The van der Waals surface area contributed by atoms with E-state index in [9.17, 15) is 10.0 Å². The predicted octanol–water partition coefficient (Wildman–Crippen LogP) is 2.97. The number of hydrogen-bond acceptors (Lipinski definition) is 3. The lowest BCUT2D eigenvalue weighted by Gasteiger charge is -2.34. The molecule has 0 bridgehead atoms. The van der Waals surface area contributed by atoms with Crippen LogP contribution in [0.4, 0.5) is 4.79 Å². The molecule has 120 valence electrons. The standard InChI is InChI=1S/C18H20N2O3/c1-18(16-8-12-19(22)13-9-16)10-5-11-20(18)17(21)23-14-15-6-3-2-4-7-15/h2-4,6-9,12-13H,5,10-11,14H2,1H3/t18-/m1/s1. The summed E-state index contributed by atoms with van der Waals surface area (Å²) in [6.45, 7) is 2.95. The molecule has 0 saturated carbocycles. The minimum atomic E-state index is -0.429. The van der Waals surface area contributed by atoms with Crippen LogP contribution in [-0.4, -0.2) is 17.5 Å². The normalized spacial score (nSPS) is 20.5. The van der Waals surface area contributed by atoms with Crippen molar-refractivity contribution in [2.24, 2.45) is 0 Å². The van der Waals surface area contributed by atoms with Crippen LogP contribution in [0.5, 0.6) is 0 Å². The predicted molar refractivity (Wildman–Crippen MR) is 85.3 cm³/mol. The molecule has 2 heterocycles. The summed E-state index contributed by atoms with van der Waals surface area (Å²) in [7, 11) is 0. The molecule has 1 fully saturated rings. The number of ether oxygens (including phenoxy) is 1. The van der Waals surface area contributed by atoms with Gasteiger partial charge in [0.2, 0.25) is 0 Å². The third kappa shape index (κ3) is 3.13. The second kappa shape index (κ2) is 6.28. The zero-order valence-electron chi connectivity index (χ0n) is 13.1. The van der Waals surface area contributed by atoms with Crippen LogP contribution in [0.25, 0.3) is 0 Å². The van der Waals surface area contributed by atoms with Gasteiger partial charge in [-0.2, -0.15) is 4.73 Å². The fraction of sp³-hybridized carbons (Fsp3) is 0.333. The van der Waals surface area contributed by atoms with Gasteiger partial charge < -0.3 is 9.94 Å². The van der Waals surface area contributed by atoms with Gasteiger partial charge in [0.05, 0.1) is 5.54 Å². The summed E-state index contributed by atoms with van der Waals surface area (Å²) < 4.78 is 6.22. The van der Waals surface area contributed by atoms with Crippen LogP contribution in [0.15, 0.2) is 54.9 Å². The maximum Gasteiger partial charge on any atom is 0.410 e. The molecule has 0 spiro atoms. The van der Waals surface area contributed by atoms with E-state index in [1.165, 1.54) is 12.4 Å². The Bertz CT molecular complexity index is 672. The lowest BCUT2D eigenvalue weighted by molar-refractivity contribution is -0.605. The van der Waals surface area contributed by atoms with Gasteiger partial charge in [-0.25, -0.2) is 4.79 Å². The summed E-state index contributed by atoms with van der Waals surface area (Å²) >= 11 is 0. The third-order valence-electron chi connectivity index (χ3n) is 4.49. The Morgan fingerprint density at radius 2 is 1.96 bits per heavy atom. The van der Waals surface area contributed by atoms with Gasteiger partial charge in [-0.1, -0.05) is 30.3 Å². The molecule has 1 amide bonds. The van der Waals surface area contributed by atoms with Crippen LogP contribution in [0.3, 0.4) is 0 Å². The Balaban J connectivity index is 1.72. The van der Waals surface area contributed by atoms with Crippen molar-refractivity contribution in [3.05, 3.63) is 71.2 Å². The number of amides is 1. The van der Waals surface area contributed by atoms with Gasteiger partial charge >= 0.3 is 6.09 Å². The summed E-state index contributed by atoms with van der Waals surface area (Å²) in [6.07, 6.45) is 4.39. The zero-order chi connectivity index (χ0) is 16.3. The van der Waals surface area contributed by atoms with Gasteiger partial charge in [0.15, 0.2) is 12.4 Å². The third-order valence-corrected chi connectivity index (χ3v) is 4.49. The summed E-state index contributed by atoms with van der Waals surface area (Å²) in [5.41, 5.74) is 1.50. The van der Waals surface area contributed by atoms with Crippen molar-refractivity contribution in [1.82, 2.24) is 4.90 Å². The second-order valence-corrected chi connectivity index (χ2v) is 6.02. The molecule has 0 radical (unpaired) electrons. The largest absolute Gasteiger partial charge is 0.619 e. The highest BCUT2D eigenvalue weighted by atomic mass is 16.6. The van der Waals surface area contributed by atoms with Crippen molar-refractivity contribution >= 4 is 6.09 Å². The van der Waals surface area contributed by atoms with Gasteiger partial charge in [-0.3, -0.25) is 4.90 Å². The highest BCUT2D eigenvalue weighted by Gasteiger charge is 2.42. The first-order valence-corrected chi connectivity index (χ1v) is 7.77. The van der Waals surface area contributed by atoms with Gasteiger partial charge in [-0.05, 0) is 30.9 Å². The average molecular weight is 312 g/mol. The van der Waals surface area contributed by atoms with E-state index < -0.39 is 5.54 Å². The van der Waals surface area contributed by atoms with Crippen molar-refractivity contribution < 1.29 is 14.3 Å². The topological polar surface area (TPSA) is 56.5 Å². The monoisotopic (exact) mass is 312 g/mol. The Labute approximate surface area is 135 Å². The number of carbonyl (C=O) groups is 1. The van der Waals surface area contributed by atoms with E-state index in [1.54, 1.807) is 17.0 Å². The van der Waals surface area contributed by atoms with E-state index in [1.807, 2.05) is 37.3 Å². The van der Waals surface area contributed by atoms with Crippen molar-refractivity contribution in [2.45, 2.75) is 31.9 Å². The molecular weight excluding hydrogens is 292 g/mol. The van der Waals surface area contributed by atoms with Gasteiger partial charge in [0.1, 0.15) is 6.61 Å². The number of carbonyl (C=O) groups excluding carboxylic acids is 1. The smallest absolute Gasteiger partial charge is 0.410 e. The Morgan fingerprint density at radius 3 is 2.65 bits per heavy atom. The fourth-order valence-corrected chi connectivity index (χ4v) is 3.13. The van der Waals surface area contributed by atoms with Gasteiger partial charge in [-0.15, -0.1) is 0 Å².